The second-order valence-corrected chi connectivity index (χ2v) is 9.84. The number of carbonyl (C=O) groups is 1. The lowest BCUT2D eigenvalue weighted by atomic mass is 9.94. The van der Waals surface area contributed by atoms with Gasteiger partial charge in [-0.15, -0.1) is 0 Å². The van der Waals surface area contributed by atoms with E-state index in [0.29, 0.717) is 19.1 Å². The topological polar surface area (TPSA) is 84.3 Å². The molecule has 182 valence electrons. The second kappa shape index (κ2) is 10.2. The Balaban J connectivity index is 1.32. The van der Waals surface area contributed by atoms with Crippen LogP contribution in [0.1, 0.15) is 67.5 Å². The van der Waals surface area contributed by atoms with Crippen molar-refractivity contribution in [3.8, 4) is 16.9 Å². The number of para-hydroxylation sites is 1. The molecule has 0 unspecified atom stereocenters. The second-order valence-electron chi connectivity index (χ2n) is 9.84. The molecule has 5 rings (SSSR count). The standard InChI is InChI=1S/C29H33N3O3/c1-20-10-11-21(6-2-5-9-28(33)34)32-26(20)19-31-29(15-16-29)25-18-30-17-14-23(25)24-7-3-4-8-27(24)35-22-12-13-22/h3-4,7-8,10-11,14,17-18,22,31H,2,5-6,9,12-13,15-16,19H2,1H3,(H,33,34). The maximum absolute atomic E-state index is 10.8. The number of pyridine rings is 2. The van der Waals surface area contributed by atoms with Gasteiger partial charge >= 0.3 is 5.97 Å². The summed E-state index contributed by atoms with van der Waals surface area (Å²) in [5.74, 6) is 0.212. The first-order chi connectivity index (χ1) is 17.0. The number of hydrogen-bond donors (Lipinski definition) is 2. The van der Waals surface area contributed by atoms with Gasteiger partial charge in [0.1, 0.15) is 5.75 Å². The van der Waals surface area contributed by atoms with Crippen molar-refractivity contribution in [1.29, 1.82) is 0 Å². The van der Waals surface area contributed by atoms with Crippen molar-refractivity contribution in [3.05, 3.63) is 77.4 Å². The fraction of sp³-hybridized carbons (Fsp3) is 0.414. The third-order valence-corrected chi connectivity index (χ3v) is 7.01. The summed E-state index contributed by atoms with van der Waals surface area (Å²) in [6, 6.07) is 14.6. The maximum atomic E-state index is 10.8. The number of nitrogens with zero attached hydrogens (tertiary/aromatic N) is 2. The van der Waals surface area contributed by atoms with Gasteiger partial charge in [0.2, 0.25) is 0 Å². The number of rotatable bonds is 12. The van der Waals surface area contributed by atoms with Gasteiger partial charge < -0.3 is 15.2 Å². The SMILES string of the molecule is Cc1ccc(CCCCC(=O)O)nc1CNC1(c2cnccc2-c2ccccc2OC2CC2)CC1. The fourth-order valence-electron chi connectivity index (χ4n) is 4.60. The van der Waals surface area contributed by atoms with E-state index in [-0.39, 0.29) is 12.0 Å². The van der Waals surface area contributed by atoms with Crippen LogP contribution in [0, 0.1) is 6.92 Å². The molecule has 1 aromatic carbocycles. The van der Waals surface area contributed by atoms with Gasteiger partial charge in [0.15, 0.2) is 0 Å². The van der Waals surface area contributed by atoms with E-state index in [4.69, 9.17) is 14.8 Å². The van der Waals surface area contributed by atoms with Crippen LogP contribution in [0.5, 0.6) is 5.75 Å². The number of nitrogens with one attached hydrogen (secondary N) is 1. The molecule has 6 heteroatoms. The van der Waals surface area contributed by atoms with Gasteiger partial charge in [-0.3, -0.25) is 14.8 Å². The van der Waals surface area contributed by atoms with Crippen molar-refractivity contribution >= 4 is 5.97 Å². The minimum Gasteiger partial charge on any atom is -0.490 e. The van der Waals surface area contributed by atoms with E-state index in [1.807, 2.05) is 18.5 Å². The first-order valence-electron chi connectivity index (χ1n) is 12.7. The molecule has 0 spiro atoms. The van der Waals surface area contributed by atoms with Crippen molar-refractivity contribution in [3.63, 3.8) is 0 Å². The molecule has 0 amide bonds. The normalized spacial score (nSPS) is 16.1. The Kier molecular flexibility index (Phi) is 6.82. The lowest BCUT2D eigenvalue weighted by molar-refractivity contribution is -0.137. The van der Waals surface area contributed by atoms with Crippen LogP contribution in [-0.2, 0) is 23.3 Å². The monoisotopic (exact) mass is 471 g/mol. The van der Waals surface area contributed by atoms with Crippen molar-refractivity contribution in [2.24, 2.45) is 0 Å². The zero-order chi connectivity index (χ0) is 24.3. The number of aryl methyl sites for hydroxylation is 2. The predicted molar refractivity (Wildman–Crippen MR) is 135 cm³/mol. The molecule has 2 saturated carbocycles. The highest BCUT2D eigenvalue weighted by atomic mass is 16.5. The number of hydrogen-bond acceptors (Lipinski definition) is 5. The quantitative estimate of drug-likeness (QED) is 0.336. The summed E-state index contributed by atoms with van der Waals surface area (Å²) in [7, 11) is 0. The number of aromatic nitrogens is 2. The fourth-order valence-corrected chi connectivity index (χ4v) is 4.60. The molecule has 0 saturated heterocycles. The number of aliphatic carboxylic acids is 1. The Morgan fingerprint density at radius 3 is 2.71 bits per heavy atom. The van der Waals surface area contributed by atoms with Gasteiger partial charge in [-0.2, -0.15) is 0 Å². The maximum Gasteiger partial charge on any atom is 0.303 e. The largest absolute Gasteiger partial charge is 0.490 e. The van der Waals surface area contributed by atoms with E-state index in [0.717, 1.165) is 66.8 Å². The summed E-state index contributed by atoms with van der Waals surface area (Å²) in [6.45, 7) is 2.78. The van der Waals surface area contributed by atoms with Crippen LogP contribution in [0.25, 0.3) is 11.1 Å². The van der Waals surface area contributed by atoms with Gasteiger partial charge in [0.05, 0.1) is 11.8 Å². The number of ether oxygens (including phenoxy) is 1. The van der Waals surface area contributed by atoms with Crippen LogP contribution in [0.3, 0.4) is 0 Å². The molecule has 3 aromatic rings. The zero-order valence-corrected chi connectivity index (χ0v) is 20.3. The van der Waals surface area contributed by atoms with Crippen molar-refractivity contribution in [2.45, 2.75) is 76.5 Å². The summed E-state index contributed by atoms with van der Waals surface area (Å²) >= 11 is 0. The molecule has 0 atom stereocenters. The highest BCUT2D eigenvalue weighted by molar-refractivity contribution is 5.74. The van der Waals surface area contributed by atoms with Crippen molar-refractivity contribution in [2.75, 3.05) is 0 Å². The molecule has 2 aromatic heterocycles. The van der Waals surface area contributed by atoms with Crippen molar-refractivity contribution < 1.29 is 14.6 Å². The first-order valence-corrected chi connectivity index (χ1v) is 12.7. The number of benzene rings is 1. The summed E-state index contributed by atoms with van der Waals surface area (Å²) in [6.07, 6.45) is 11.1. The smallest absolute Gasteiger partial charge is 0.303 e. The Hall–Kier alpha value is -3.25. The lowest BCUT2D eigenvalue weighted by Gasteiger charge is -2.22. The summed E-state index contributed by atoms with van der Waals surface area (Å²) in [5, 5.41) is 12.7. The molecule has 0 aliphatic heterocycles. The van der Waals surface area contributed by atoms with Crippen LogP contribution in [-0.4, -0.2) is 27.1 Å². The predicted octanol–water partition coefficient (Wildman–Crippen LogP) is 5.57. The molecule has 35 heavy (non-hydrogen) atoms. The first kappa shape index (κ1) is 23.5. The molecular formula is C29H33N3O3. The Morgan fingerprint density at radius 1 is 1.11 bits per heavy atom. The Morgan fingerprint density at radius 2 is 1.94 bits per heavy atom. The van der Waals surface area contributed by atoms with Gasteiger partial charge in [-0.25, -0.2) is 0 Å². The summed E-state index contributed by atoms with van der Waals surface area (Å²) in [5.41, 5.74) is 6.65. The molecule has 0 radical (unpaired) electrons. The number of carboxylic acids is 1. The van der Waals surface area contributed by atoms with E-state index >= 15 is 0 Å². The number of carboxylic acid groups (broad SMARTS) is 1. The van der Waals surface area contributed by atoms with Crippen LogP contribution in [0.2, 0.25) is 0 Å². The average molecular weight is 472 g/mol. The van der Waals surface area contributed by atoms with E-state index in [2.05, 4.69) is 53.6 Å². The molecule has 2 N–H and O–H groups in total. The van der Waals surface area contributed by atoms with E-state index in [1.54, 1.807) is 0 Å². The van der Waals surface area contributed by atoms with Gasteiger partial charge in [0, 0.05) is 42.2 Å². The van der Waals surface area contributed by atoms with Gasteiger partial charge in [-0.1, -0.05) is 24.3 Å². The Labute approximate surface area is 206 Å². The van der Waals surface area contributed by atoms with Crippen LogP contribution < -0.4 is 10.1 Å². The zero-order valence-electron chi connectivity index (χ0n) is 20.3. The molecule has 2 aliphatic rings. The van der Waals surface area contributed by atoms with E-state index in [1.165, 1.54) is 11.1 Å². The average Bonchev–Trinajstić information content (AvgIpc) is 3.79. The minimum atomic E-state index is -0.738. The lowest BCUT2D eigenvalue weighted by Crippen LogP contribution is -2.30. The van der Waals surface area contributed by atoms with Crippen molar-refractivity contribution in [1.82, 2.24) is 15.3 Å². The minimum absolute atomic E-state index is 0.109. The van der Waals surface area contributed by atoms with E-state index in [9.17, 15) is 4.79 Å². The molecular weight excluding hydrogens is 438 g/mol. The van der Waals surface area contributed by atoms with Crippen LogP contribution >= 0.6 is 0 Å². The Bertz CT molecular complexity index is 1200. The van der Waals surface area contributed by atoms with Gasteiger partial charge in [0.25, 0.3) is 0 Å². The third-order valence-electron chi connectivity index (χ3n) is 7.01. The highest BCUT2D eigenvalue weighted by Crippen LogP contribution is 2.50. The van der Waals surface area contributed by atoms with Crippen LogP contribution in [0.15, 0.2) is 54.9 Å². The van der Waals surface area contributed by atoms with Gasteiger partial charge in [-0.05, 0) is 86.8 Å². The van der Waals surface area contributed by atoms with Crippen LogP contribution in [0.4, 0.5) is 0 Å². The molecule has 2 aliphatic carbocycles. The summed E-state index contributed by atoms with van der Waals surface area (Å²) < 4.78 is 6.23. The molecule has 2 fully saturated rings. The van der Waals surface area contributed by atoms with E-state index < -0.39 is 5.97 Å². The highest BCUT2D eigenvalue weighted by Gasteiger charge is 2.46. The molecule has 6 nitrogen and oxygen atoms in total. The third kappa shape index (κ3) is 5.70. The number of unbranched alkanes of at least 4 members (excludes halogenated alkanes) is 1. The molecule has 2 heterocycles. The summed E-state index contributed by atoms with van der Waals surface area (Å²) in [4.78, 5) is 20.1. The molecule has 0 bridgehead atoms.